The molecule has 1 heterocycles. The summed E-state index contributed by atoms with van der Waals surface area (Å²) in [5, 5.41) is 11.9. The van der Waals surface area contributed by atoms with Gasteiger partial charge in [-0.15, -0.1) is 10.2 Å². The number of aromatic nitrogens is 2. The Hall–Kier alpha value is -3.15. The summed E-state index contributed by atoms with van der Waals surface area (Å²) in [5.74, 6) is -0.292. The second-order valence-corrected chi connectivity index (χ2v) is 6.36. The zero-order valence-electron chi connectivity index (χ0n) is 15.3. The van der Waals surface area contributed by atoms with Gasteiger partial charge in [-0.3, -0.25) is 4.79 Å². The average Bonchev–Trinajstić information content (AvgIpc) is 2.66. The quantitative estimate of drug-likeness (QED) is 0.739. The van der Waals surface area contributed by atoms with E-state index in [0.717, 1.165) is 28.6 Å². The first-order valence-corrected chi connectivity index (χ1v) is 8.63. The molecule has 0 radical (unpaired) electrons. The van der Waals surface area contributed by atoms with Gasteiger partial charge in [0.1, 0.15) is 5.52 Å². The number of fused-ring (bicyclic) bond motifs is 1. The normalized spacial score (nSPS) is 10.7. The first kappa shape index (κ1) is 17.7. The van der Waals surface area contributed by atoms with E-state index in [9.17, 15) is 4.79 Å². The van der Waals surface area contributed by atoms with Crippen LogP contribution in [0.3, 0.4) is 0 Å². The molecule has 0 saturated carbocycles. The number of nitrogens with zero attached hydrogens (tertiary/aromatic N) is 3. The first-order chi connectivity index (χ1) is 12.5. The highest BCUT2D eigenvalue weighted by Crippen LogP contribution is 2.31. The molecule has 1 amide bonds. The number of carbonyl (C=O) groups is 1. The van der Waals surface area contributed by atoms with Crippen LogP contribution in [-0.4, -0.2) is 36.7 Å². The molecule has 0 bridgehead atoms. The molecule has 0 saturated heterocycles. The van der Waals surface area contributed by atoms with Gasteiger partial charge in [-0.25, -0.2) is 0 Å². The fraction of sp³-hybridized carbons (Fsp3) is 0.250. The maximum absolute atomic E-state index is 12.2. The van der Waals surface area contributed by atoms with Gasteiger partial charge in [0, 0.05) is 37.3 Å². The van der Waals surface area contributed by atoms with Gasteiger partial charge in [-0.05, 0) is 24.1 Å². The Morgan fingerprint density at radius 3 is 2.50 bits per heavy atom. The molecule has 0 aliphatic carbocycles. The molecule has 3 rings (SSSR count). The van der Waals surface area contributed by atoms with Crippen molar-refractivity contribution >= 4 is 28.2 Å². The van der Waals surface area contributed by atoms with Crippen molar-refractivity contribution in [2.24, 2.45) is 0 Å². The van der Waals surface area contributed by atoms with E-state index < -0.39 is 0 Å². The summed E-state index contributed by atoms with van der Waals surface area (Å²) in [5.41, 5.74) is 10.5. The van der Waals surface area contributed by atoms with Crippen molar-refractivity contribution in [2.75, 3.05) is 31.3 Å². The monoisotopic (exact) mass is 349 g/mol. The van der Waals surface area contributed by atoms with Crippen LogP contribution in [-0.2, 0) is 0 Å². The summed E-state index contributed by atoms with van der Waals surface area (Å²) in [6, 6.07) is 14.0. The predicted octanol–water partition coefficient (Wildman–Crippen LogP) is 3.08. The third kappa shape index (κ3) is 3.31. The fourth-order valence-corrected chi connectivity index (χ4v) is 2.81. The third-order valence-electron chi connectivity index (χ3n) is 4.28. The van der Waals surface area contributed by atoms with Gasteiger partial charge in [0.2, 0.25) is 0 Å². The minimum Gasteiger partial charge on any atom is -0.396 e. The molecular weight excluding hydrogens is 326 g/mol. The van der Waals surface area contributed by atoms with Crippen molar-refractivity contribution in [1.82, 2.24) is 15.5 Å². The number of nitrogen functional groups attached to an aromatic ring is 1. The number of anilines is 2. The first-order valence-electron chi connectivity index (χ1n) is 8.63. The maximum Gasteiger partial charge on any atom is 0.273 e. The molecule has 6 heteroatoms. The van der Waals surface area contributed by atoms with Crippen LogP contribution in [0, 0.1) is 0 Å². The lowest BCUT2D eigenvalue weighted by atomic mass is 10.0. The third-order valence-corrected chi connectivity index (χ3v) is 4.28. The second kappa shape index (κ2) is 7.39. The summed E-state index contributed by atoms with van der Waals surface area (Å²) in [4.78, 5) is 14.3. The van der Waals surface area contributed by atoms with Gasteiger partial charge in [-0.1, -0.05) is 37.3 Å². The van der Waals surface area contributed by atoms with Crippen LogP contribution >= 0.6 is 0 Å². The van der Waals surface area contributed by atoms with Crippen LogP contribution in [0.25, 0.3) is 22.0 Å². The molecule has 134 valence electrons. The van der Waals surface area contributed by atoms with E-state index in [0.29, 0.717) is 17.7 Å². The summed E-state index contributed by atoms with van der Waals surface area (Å²) in [6.07, 6.45) is 0.847. The molecule has 0 unspecified atom stereocenters. The second-order valence-electron chi connectivity index (χ2n) is 6.36. The number of hydrogen-bond donors (Lipinski definition) is 2. The molecule has 0 spiro atoms. The number of nitrogens with two attached hydrogens (primary N) is 1. The van der Waals surface area contributed by atoms with E-state index in [2.05, 4.69) is 27.6 Å². The van der Waals surface area contributed by atoms with Crippen LogP contribution in [0.1, 0.15) is 23.8 Å². The van der Waals surface area contributed by atoms with E-state index in [1.165, 1.54) is 0 Å². The van der Waals surface area contributed by atoms with Gasteiger partial charge in [0.15, 0.2) is 5.69 Å². The molecule has 3 N–H and O–H groups in total. The predicted molar refractivity (Wildman–Crippen MR) is 106 cm³/mol. The van der Waals surface area contributed by atoms with Crippen molar-refractivity contribution in [3.05, 3.63) is 48.2 Å². The van der Waals surface area contributed by atoms with Crippen LogP contribution in [0.2, 0.25) is 0 Å². The standard InChI is InChI=1S/C20H23N5O/c1-4-12-22-20(26)19-17(21)16-7-5-6-15(18(16)23-24-19)13-8-10-14(11-9-13)25(2)3/h5-11H,4,12H2,1-3H3,(H2,21,23)(H,22,26). The topological polar surface area (TPSA) is 84.1 Å². The number of amides is 1. The van der Waals surface area contributed by atoms with Crippen LogP contribution < -0.4 is 16.0 Å². The Bertz CT molecular complexity index is 935. The zero-order chi connectivity index (χ0) is 18.7. The molecular formula is C20H23N5O. The minimum absolute atomic E-state index is 0.172. The Labute approximate surface area is 153 Å². The van der Waals surface area contributed by atoms with Crippen LogP contribution in [0.15, 0.2) is 42.5 Å². The SMILES string of the molecule is CCCNC(=O)c1nnc2c(-c3ccc(N(C)C)cc3)cccc2c1N. The largest absolute Gasteiger partial charge is 0.396 e. The van der Waals surface area contributed by atoms with E-state index in [-0.39, 0.29) is 11.6 Å². The number of rotatable bonds is 5. The number of benzene rings is 2. The highest BCUT2D eigenvalue weighted by molar-refractivity contribution is 6.07. The average molecular weight is 349 g/mol. The van der Waals surface area contributed by atoms with Crippen molar-refractivity contribution < 1.29 is 4.79 Å². The molecule has 0 fully saturated rings. The highest BCUT2D eigenvalue weighted by atomic mass is 16.1. The number of hydrogen-bond acceptors (Lipinski definition) is 5. The highest BCUT2D eigenvalue weighted by Gasteiger charge is 2.16. The van der Waals surface area contributed by atoms with Crippen molar-refractivity contribution in [1.29, 1.82) is 0 Å². The lowest BCUT2D eigenvalue weighted by molar-refractivity contribution is 0.0949. The van der Waals surface area contributed by atoms with Crippen molar-refractivity contribution in [3.8, 4) is 11.1 Å². The molecule has 0 aliphatic rings. The lowest BCUT2D eigenvalue weighted by Crippen LogP contribution is -2.26. The van der Waals surface area contributed by atoms with E-state index in [1.54, 1.807) is 0 Å². The molecule has 0 atom stereocenters. The van der Waals surface area contributed by atoms with Crippen molar-refractivity contribution in [3.63, 3.8) is 0 Å². The molecule has 2 aromatic carbocycles. The number of nitrogens with one attached hydrogen (secondary N) is 1. The van der Waals surface area contributed by atoms with E-state index in [4.69, 9.17) is 5.73 Å². The summed E-state index contributed by atoms with van der Waals surface area (Å²) < 4.78 is 0. The zero-order valence-corrected chi connectivity index (χ0v) is 15.3. The fourth-order valence-electron chi connectivity index (χ4n) is 2.81. The Morgan fingerprint density at radius 2 is 1.85 bits per heavy atom. The van der Waals surface area contributed by atoms with E-state index >= 15 is 0 Å². The van der Waals surface area contributed by atoms with Crippen molar-refractivity contribution in [2.45, 2.75) is 13.3 Å². The van der Waals surface area contributed by atoms with Gasteiger partial charge >= 0.3 is 0 Å². The maximum atomic E-state index is 12.2. The number of carbonyl (C=O) groups excluding carboxylic acids is 1. The smallest absolute Gasteiger partial charge is 0.273 e. The van der Waals surface area contributed by atoms with Gasteiger partial charge in [0.05, 0.1) is 5.69 Å². The Morgan fingerprint density at radius 1 is 1.12 bits per heavy atom. The Kier molecular flexibility index (Phi) is 5.02. The van der Waals surface area contributed by atoms with Gasteiger partial charge in [0.25, 0.3) is 5.91 Å². The summed E-state index contributed by atoms with van der Waals surface area (Å²) in [7, 11) is 4.01. The summed E-state index contributed by atoms with van der Waals surface area (Å²) >= 11 is 0. The molecule has 26 heavy (non-hydrogen) atoms. The summed E-state index contributed by atoms with van der Waals surface area (Å²) in [6.45, 7) is 2.57. The molecule has 3 aromatic rings. The minimum atomic E-state index is -0.292. The Balaban J connectivity index is 2.06. The van der Waals surface area contributed by atoms with Crippen LogP contribution in [0.4, 0.5) is 11.4 Å². The van der Waals surface area contributed by atoms with Gasteiger partial charge < -0.3 is 16.0 Å². The molecule has 6 nitrogen and oxygen atoms in total. The molecule has 1 aromatic heterocycles. The van der Waals surface area contributed by atoms with E-state index in [1.807, 2.05) is 56.3 Å². The lowest BCUT2D eigenvalue weighted by Gasteiger charge is -2.14. The molecule has 0 aliphatic heterocycles. The van der Waals surface area contributed by atoms with Crippen LogP contribution in [0.5, 0.6) is 0 Å². The van der Waals surface area contributed by atoms with Gasteiger partial charge in [-0.2, -0.15) is 0 Å².